The number of fused-ring (bicyclic) bond motifs is 1. The summed E-state index contributed by atoms with van der Waals surface area (Å²) in [5.41, 5.74) is 0. The highest BCUT2D eigenvalue weighted by atomic mass is 32.2. The van der Waals surface area contributed by atoms with E-state index in [2.05, 4.69) is 32.4 Å². The van der Waals surface area contributed by atoms with E-state index >= 15 is 0 Å². The SMILES string of the molecule is CN(C)S(=O)(=O)CCCN1CCN(c2nsc3ccccc23)CC1. The van der Waals surface area contributed by atoms with Gasteiger partial charge in [0.1, 0.15) is 5.82 Å². The first-order chi connectivity index (χ1) is 11.5. The number of nitrogens with zero attached hydrogens (tertiary/aromatic N) is 4. The highest BCUT2D eigenvalue weighted by molar-refractivity contribution is 7.89. The van der Waals surface area contributed by atoms with Crippen LogP contribution in [-0.4, -0.2) is 74.6 Å². The van der Waals surface area contributed by atoms with Gasteiger partial charge in [0.25, 0.3) is 0 Å². The van der Waals surface area contributed by atoms with Gasteiger partial charge in [-0.15, -0.1) is 0 Å². The molecule has 1 fully saturated rings. The lowest BCUT2D eigenvalue weighted by Gasteiger charge is -2.35. The Balaban J connectivity index is 1.51. The Kier molecular flexibility index (Phi) is 5.39. The molecule has 8 heteroatoms. The summed E-state index contributed by atoms with van der Waals surface area (Å²) in [5, 5.41) is 1.23. The average molecular weight is 369 g/mol. The van der Waals surface area contributed by atoms with Gasteiger partial charge in [-0.05, 0) is 36.6 Å². The van der Waals surface area contributed by atoms with E-state index in [0.29, 0.717) is 6.42 Å². The standard InChI is InChI=1S/C16H24N4O2S2/c1-18(2)24(21,22)13-5-8-19-9-11-20(12-10-19)16-14-6-3-4-7-15(14)23-17-16/h3-4,6-7H,5,8-13H2,1-2H3. The number of aromatic nitrogens is 1. The molecule has 24 heavy (non-hydrogen) atoms. The zero-order chi connectivity index (χ0) is 17.2. The molecule has 0 N–H and O–H groups in total. The van der Waals surface area contributed by atoms with Crippen molar-refractivity contribution in [2.75, 3.05) is 57.5 Å². The van der Waals surface area contributed by atoms with Crippen LogP contribution in [0.4, 0.5) is 5.82 Å². The second-order valence-electron chi connectivity index (χ2n) is 6.28. The van der Waals surface area contributed by atoms with Crippen molar-refractivity contribution >= 4 is 37.5 Å². The van der Waals surface area contributed by atoms with E-state index in [4.69, 9.17) is 0 Å². The maximum atomic E-state index is 11.8. The van der Waals surface area contributed by atoms with Crippen LogP contribution >= 0.6 is 11.5 Å². The predicted molar refractivity (Wildman–Crippen MR) is 100 cm³/mol. The summed E-state index contributed by atoms with van der Waals surface area (Å²) >= 11 is 1.55. The van der Waals surface area contributed by atoms with Crippen LogP contribution in [0.2, 0.25) is 0 Å². The third-order valence-electron chi connectivity index (χ3n) is 4.46. The van der Waals surface area contributed by atoms with E-state index in [-0.39, 0.29) is 5.75 Å². The highest BCUT2D eigenvalue weighted by Crippen LogP contribution is 2.29. The minimum Gasteiger partial charge on any atom is -0.353 e. The van der Waals surface area contributed by atoms with Gasteiger partial charge in [-0.1, -0.05) is 12.1 Å². The van der Waals surface area contributed by atoms with Crippen LogP contribution in [0.15, 0.2) is 24.3 Å². The van der Waals surface area contributed by atoms with Crippen molar-refractivity contribution < 1.29 is 8.42 Å². The molecular formula is C16H24N4O2S2. The van der Waals surface area contributed by atoms with Crippen molar-refractivity contribution in [3.63, 3.8) is 0 Å². The lowest BCUT2D eigenvalue weighted by Crippen LogP contribution is -2.47. The molecule has 1 aromatic heterocycles. The zero-order valence-electron chi connectivity index (χ0n) is 14.2. The quantitative estimate of drug-likeness (QED) is 0.777. The number of benzene rings is 1. The predicted octanol–water partition coefficient (Wildman–Crippen LogP) is 1.70. The van der Waals surface area contributed by atoms with Crippen LogP contribution in [0.25, 0.3) is 10.1 Å². The van der Waals surface area contributed by atoms with E-state index in [1.807, 2.05) is 6.07 Å². The topological polar surface area (TPSA) is 56.8 Å². The Morgan fingerprint density at radius 2 is 1.88 bits per heavy atom. The molecule has 2 heterocycles. The van der Waals surface area contributed by atoms with Crippen LogP contribution in [-0.2, 0) is 10.0 Å². The van der Waals surface area contributed by atoms with Crippen molar-refractivity contribution in [1.82, 2.24) is 13.6 Å². The number of hydrogen-bond acceptors (Lipinski definition) is 6. The zero-order valence-corrected chi connectivity index (χ0v) is 15.8. The number of hydrogen-bond donors (Lipinski definition) is 0. The third kappa shape index (κ3) is 3.88. The summed E-state index contributed by atoms with van der Waals surface area (Å²) in [7, 11) is 0.0972. The molecule has 1 saturated heterocycles. The molecule has 0 unspecified atom stereocenters. The molecule has 0 radical (unpaired) electrons. The number of anilines is 1. The van der Waals surface area contributed by atoms with Crippen molar-refractivity contribution in [1.29, 1.82) is 0 Å². The first-order valence-electron chi connectivity index (χ1n) is 8.19. The molecule has 0 bridgehead atoms. The molecule has 6 nitrogen and oxygen atoms in total. The lowest BCUT2D eigenvalue weighted by molar-refractivity contribution is 0.258. The Labute approximate surface area is 147 Å². The van der Waals surface area contributed by atoms with E-state index < -0.39 is 10.0 Å². The van der Waals surface area contributed by atoms with Crippen molar-refractivity contribution in [2.24, 2.45) is 0 Å². The summed E-state index contributed by atoms with van der Waals surface area (Å²) in [4.78, 5) is 4.68. The summed E-state index contributed by atoms with van der Waals surface area (Å²) in [5.74, 6) is 1.31. The van der Waals surface area contributed by atoms with E-state index in [1.165, 1.54) is 14.4 Å². The first kappa shape index (κ1) is 17.6. The van der Waals surface area contributed by atoms with Gasteiger partial charge in [0, 0.05) is 45.7 Å². The maximum absolute atomic E-state index is 11.8. The molecule has 0 saturated carbocycles. The molecule has 1 aliphatic heterocycles. The fraction of sp³-hybridized carbons (Fsp3) is 0.562. The third-order valence-corrected chi connectivity index (χ3v) is 7.20. The lowest BCUT2D eigenvalue weighted by atomic mass is 10.2. The van der Waals surface area contributed by atoms with Crippen LogP contribution in [0.3, 0.4) is 0 Å². The molecule has 132 valence electrons. The molecule has 3 rings (SSSR count). The second kappa shape index (κ2) is 7.35. The van der Waals surface area contributed by atoms with Gasteiger partial charge in [-0.2, -0.15) is 4.37 Å². The highest BCUT2D eigenvalue weighted by Gasteiger charge is 2.21. The number of piperazine rings is 1. The number of rotatable bonds is 6. The molecule has 0 amide bonds. The Hall–Kier alpha value is -1.22. The van der Waals surface area contributed by atoms with Crippen molar-refractivity contribution in [2.45, 2.75) is 6.42 Å². The van der Waals surface area contributed by atoms with E-state index in [1.54, 1.807) is 25.6 Å². The molecular weight excluding hydrogens is 344 g/mol. The van der Waals surface area contributed by atoms with Crippen LogP contribution < -0.4 is 4.90 Å². The molecule has 0 atom stereocenters. The smallest absolute Gasteiger partial charge is 0.213 e. The molecule has 1 aliphatic rings. The van der Waals surface area contributed by atoms with E-state index in [0.717, 1.165) is 38.5 Å². The van der Waals surface area contributed by atoms with Gasteiger partial charge in [-0.3, -0.25) is 4.90 Å². The molecule has 1 aromatic carbocycles. The van der Waals surface area contributed by atoms with Gasteiger partial charge < -0.3 is 4.90 Å². The minimum atomic E-state index is -3.08. The maximum Gasteiger partial charge on any atom is 0.213 e. The molecule has 2 aromatic rings. The summed E-state index contributed by atoms with van der Waals surface area (Å²) in [6.45, 7) is 4.61. The fourth-order valence-electron chi connectivity index (χ4n) is 2.94. The Morgan fingerprint density at radius 1 is 1.17 bits per heavy atom. The van der Waals surface area contributed by atoms with Crippen LogP contribution in [0.1, 0.15) is 6.42 Å². The monoisotopic (exact) mass is 368 g/mol. The largest absolute Gasteiger partial charge is 0.353 e. The summed E-state index contributed by atoms with van der Waals surface area (Å²) < 4.78 is 30.7. The van der Waals surface area contributed by atoms with Crippen LogP contribution in [0.5, 0.6) is 0 Å². The van der Waals surface area contributed by atoms with Gasteiger partial charge in [0.2, 0.25) is 10.0 Å². The van der Waals surface area contributed by atoms with Gasteiger partial charge in [0.05, 0.1) is 10.5 Å². The second-order valence-corrected chi connectivity index (χ2v) is 9.39. The van der Waals surface area contributed by atoms with Crippen LogP contribution in [0, 0.1) is 0 Å². The van der Waals surface area contributed by atoms with Gasteiger partial charge >= 0.3 is 0 Å². The first-order valence-corrected chi connectivity index (χ1v) is 10.6. The molecule has 0 spiro atoms. The summed E-state index contributed by atoms with van der Waals surface area (Å²) in [6, 6.07) is 8.34. The normalized spacial score (nSPS) is 17.0. The molecule has 0 aliphatic carbocycles. The van der Waals surface area contributed by atoms with Gasteiger partial charge in [-0.25, -0.2) is 12.7 Å². The summed E-state index contributed by atoms with van der Waals surface area (Å²) in [6.07, 6.45) is 0.681. The van der Waals surface area contributed by atoms with Gasteiger partial charge in [0.15, 0.2) is 0 Å². The van der Waals surface area contributed by atoms with Crippen molar-refractivity contribution in [3.05, 3.63) is 24.3 Å². The Morgan fingerprint density at radius 3 is 2.58 bits per heavy atom. The number of sulfonamides is 1. The minimum absolute atomic E-state index is 0.219. The average Bonchev–Trinajstić information content (AvgIpc) is 2.99. The van der Waals surface area contributed by atoms with E-state index in [9.17, 15) is 8.42 Å². The fourth-order valence-corrected chi connectivity index (χ4v) is 4.59. The van der Waals surface area contributed by atoms with Crippen molar-refractivity contribution in [3.8, 4) is 0 Å². The Bertz CT molecular complexity index is 780.